The molecule has 7 heteroatoms. The highest BCUT2D eigenvalue weighted by Gasteiger charge is 2.29. The molecule has 1 aliphatic heterocycles. The Morgan fingerprint density at radius 1 is 1.24 bits per heavy atom. The summed E-state index contributed by atoms with van der Waals surface area (Å²) >= 11 is 0. The molecule has 1 aromatic carbocycles. The second-order valence-electron chi connectivity index (χ2n) is 5.75. The van der Waals surface area contributed by atoms with E-state index in [9.17, 15) is 4.79 Å². The molecule has 1 fully saturated rings. The third-order valence-electron chi connectivity index (χ3n) is 3.98. The summed E-state index contributed by atoms with van der Waals surface area (Å²) in [5.41, 5.74) is 6.66. The Balaban J connectivity index is 0.00000312. The van der Waals surface area contributed by atoms with Gasteiger partial charge in [-0.15, -0.1) is 12.4 Å². The molecule has 2 atom stereocenters. The van der Waals surface area contributed by atoms with Gasteiger partial charge < -0.3 is 25.3 Å². The fourth-order valence-corrected chi connectivity index (χ4v) is 2.77. The molecule has 0 saturated carbocycles. The average Bonchev–Trinajstić information content (AvgIpc) is 3.06. The van der Waals surface area contributed by atoms with Crippen molar-refractivity contribution in [1.82, 2.24) is 5.32 Å². The fourth-order valence-electron chi connectivity index (χ4n) is 2.77. The van der Waals surface area contributed by atoms with E-state index in [2.05, 4.69) is 5.32 Å². The van der Waals surface area contributed by atoms with Crippen molar-refractivity contribution in [2.75, 3.05) is 26.3 Å². The van der Waals surface area contributed by atoms with Gasteiger partial charge in [0.05, 0.1) is 19.3 Å². The quantitative estimate of drug-likeness (QED) is 0.693. The number of carbonyl (C=O) groups is 1. The maximum atomic E-state index is 12.1. The first-order chi connectivity index (χ1) is 11.7. The molecule has 0 spiro atoms. The maximum absolute atomic E-state index is 12.1. The summed E-state index contributed by atoms with van der Waals surface area (Å²) in [6, 6.07) is 5.88. The van der Waals surface area contributed by atoms with Crippen molar-refractivity contribution < 1.29 is 19.0 Å². The highest BCUT2D eigenvalue weighted by Crippen LogP contribution is 2.28. The van der Waals surface area contributed by atoms with Crippen molar-refractivity contribution in [2.24, 2.45) is 5.73 Å². The van der Waals surface area contributed by atoms with Gasteiger partial charge in [0.1, 0.15) is 6.10 Å². The minimum absolute atomic E-state index is 0. The summed E-state index contributed by atoms with van der Waals surface area (Å²) in [5.74, 6) is 1.44. The lowest BCUT2D eigenvalue weighted by Gasteiger charge is -2.14. The van der Waals surface area contributed by atoms with Gasteiger partial charge in [-0.1, -0.05) is 6.07 Å². The van der Waals surface area contributed by atoms with Crippen molar-refractivity contribution in [3.8, 4) is 11.5 Å². The molecule has 1 saturated heterocycles. The first-order valence-corrected chi connectivity index (χ1v) is 8.69. The van der Waals surface area contributed by atoms with Crippen molar-refractivity contribution in [1.29, 1.82) is 0 Å². The molecule has 0 bridgehead atoms. The number of rotatable bonds is 9. The fraction of sp³-hybridized carbons (Fsp3) is 0.611. The lowest BCUT2D eigenvalue weighted by molar-refractivity contribution is -0.131. The van der Waals surface area contributed by atoms with E-state index in [1.54, 1.807) is 0 Å². The lowest BCUT2D eigenvalue weighted by atomic mass is 10.1. The Morgan fingerprint density at radius 3 is 2.60 bits per heavy atom. The molecule has 142 valence electrons. The van der Waals surface area contributed by atoms with E-state index in [4.69, 9.17) is 19.9 Å². The van der Waals surface area contributed by atoms with Gasteiger partial charge in [0.25, 0.3) is 0 Å². The Hall–Kier alpha value is -1.50. The van der Waals surface area contributed by atoms with Gasteiger partial charge in [0, 0.05) is 13.1 Å². The van der Waals surface area contributed by atoms with E-state index in [0.29, 0.717) is 26.3 Å². The van der Waals surface area contributed by atoms with Crippen LogP contribution in [0.2, 0.25) is 0 Å². The Labute approximate surface area is 155 Å². The van der Waals surface area contributed by atoms with Crippen LogP contribution in [-0.2, 0) is 16.0 Å². The molecule has 0 aromatic heterocycles. The standard InChI is InChI=1S/C18H28N2O4.ClH/c1-3-22-15-7-5-13(11-17(15)23-4-2)9-10-20-18(21)16-8-6-14(12-19)24-16;/h5,7,11,14,16H,3-4,6,8-10,12,19H2,1-2H3,(H,20,21);1H/t14-,16+;/m1./s1. The molecular weight excluding hydrogens is 344 g/mol. The monoisotopic (exact) mass is 372 g/mol. The van der Waals surface area contributed by atoms with Crippen LogP contribution < -0.4 is 20.5 Å². The zero-order chi connectivity index (χ0) is 17.4. The van der Waals surface area contributed by atoms with Crippen molar-refractivity contribution >= 4 is 18.3 Å². The molecule has 1 aliphatic rings. The third-order valence-corrected chi connectivity index (χ3v) is 3.98. The number of ether oxygens (including phenoxy) is 3. The first kappa shape index (κ1) is 21.5. The summed E-state index contributed by atoms with van der Waals surface area (Å²) in [7, 11) is 0. The van der Waals surface area contributed by atoms with Gasteiger partial charge in [0.15, 0.2) is 11.5 Å². The summed E-state index contributed by atoms with van der Waals surface area (Å²) < 4.78 is 16.8. The van der Waals surface area contributed by atoms with Crippen LogP contribution in [0.3, 0.4) is 0 Å². The van der Waals surface area contributed by atoms with Crippen LogP contribution >= 0.6 is 12.4 Å². The third kappa shape index (κ3) is 6.38. The van der Waals surface area contributed by atoms with Gasteiger partial charge in [-0.3, -0.25) is 4.79 Å². The molecule has 0 radical (unpaired) electrons. The summed E-state index contributed by atoms with van der Waals surface area (Å²) in [5, 5.41) is 2.93. The molecule has 1 heterocycles. The Morgan fingerprint density at radius 2 is 1.96 bits per heavy atom. The number of hydrogen-bond acceptors (Lipinski definition) is 5. The Kier molecular flexibility index (Phi) is 9.63. The van der Waals surface area contributed by atoms with E-state index >= 15 is 0 Å². The Bertz CT molecular complexity index is 542. The van der Waals surface area contributed by atoms with Crippen LogP contribution in [0, 0.1) is 0 Å². The van der Waals surface area contributed by atoms with Gasteiger partial charge in [-0.05, 0) is 50.8 Å². The highest BCUT2D eigenvalue weighted by atomic mass is 35.5. The molecule has 1 amide bonds. The van der Waals surface area contributed by atoms with Gasteiger partial charge in [-0.25, -0.2) is 0 Å². The molecule has 0 aliphatic carbocycles. The zero-order valence-electron chi connectivity index (χ0n) is 15.0. The minimum atomic E-state index is -0.363. The van der Waals surface area contributed by atoms with Crippen LogP contribution in [-0.4, -0.2) is 44.4 Å². The molecule has 25 heavy (non-hydrogen) atoms. The van der Waals surface area contributed by atoms with Crippen LogP contribution in [0.4, 0.5) is 0 Å². The second kappa shape index (κ2) is 11.2. The second-order valence-corrected chi connectivity index (χ2v) is 5.75. The van der Waals surface area contributed by atoms with Crippen molar-refractivity contribution in [2.45, 2.75) is 45.3 Å². The summed E-state index contributed by atoms with van der Waals surface area (Å²) in [6.07, 6.45) is 1.97. The van der Waals surface area contributed by atoms with Crippen molar-refractivity contribution in [3.05, 3.63) is 23.8 Å². The van der Waals surface area contributed by atoms with Crippen LogP contribution in [0.25, 0.3) is 0 Å². The van der Waals surface area contributed by atoms with E-state index in [1.165, 1.54) is 0 Å². The first-order valence-electron chi connectivity index (χ1n) is 8.69. The number of carbonyl (C=O) groups excluding carboxylic acids is 1. The van der Waals surface area contributed by atoms with Gasteiger partial charge in [0.2, 0.25) is 5.91 Å². The van der Waals surface area contributed by atoms with Crippen LogP contribution in [0.5, 0.6) is 11.5 Å². The number of nitrogens with one attached hydrogen (secondary N) is 1. The predicted molar refractivity (Wildman–Crippen MR) is 99.7 cm³/mol. The molecule has 1 aromatic rings. The molecule has 6 nitrogen and oxygen atoms in total. The number of halogens is 1. The molecule has 2 rings (SSSR count). The van der Waals surface area contributed by atoms with Crippen LogP contribution in [0.15, 0.2) is 18.2 Å². The maximum Gasteiger partial charge on any atom is 0.249 e. The van der Waals surface area contributed by atoms with Crippen molar-refractivity contribution in [3.63, 3.8) is 0 Å². The molecule has 0 unspecified atom stereocenters. The molecule has 3 N–H and O–H groups in total. The van der Waals surface area contributed by atoms with Gasteiger partial charge >= 0.3 is 0 Å². The van der Waals surface area contributed by atoms with E-state index < -0.39 is 0 Å². The van der Waals surface area contributed by atoms with Gasteiger partial charge in [-0.2, -0.15) is 0 Å². The van der Waals surface area contributed by atoms with E-state index in [0.717, 1.165) is 36.3 Å². The number of hydrogen-bond donors (Lipinski definition) is 2. The summed E-state index contributed by atoms with van der Waals surface area (Å²) in [6.45, 7) is 6.10. The normalized spacial score (nSPS) is 19.2. The zero-order valence-corrected chi connectivity index (χ0v) is 15.8. The SMILES string of the molecule is CCOc1ccc(CCNC(=O)[C@@H]2CC[C@H](CN)O2)cc1OCC.Cl. The highest BCUT2D eigenvalue weighted by molar-refractivity contribution is 5.85. The molecular formula is C18H29ClN2O4. The predicted octanol–water partition coefficient (Wildman–Crippen LogP) is 2.07. The summed E-state index contributed by atoms with van der Waals surface area (Å²) in [4.78, 5) is 12.1. The van der Waals surface area contributed by atoms with E-state index in [-0.39, 0.29) is 30.5 Å². The number of nitrogens with two attached hydrogens (primary N) is 1. The number of benzene rings is 1. The largest absolute Gasteiger partial charge is 0.490 e. The topological polar surface area (TPSA) is 82.8 Å². The average molecular weight is 373 g/mol. The number of amides is 1. The smallest absolute Gasteiger partial charge is 0.249 e. The lowest BCUT2D eigenvalue weighted by Crippen LogP contribution is -2.36. The van der Waals surface area contributed by atoms with Crippen LogP contribution in [0.1, 0.15) is 32.3 Å². The van der Waals surface area contributed by atoms with E-state index in [1.807, 2.05) is 32.0 Å². The minimum Gasteiger partial charge on any atom is -0.490 e.